The summed E-state index contributed by atoms with van der Waals surface area (Å²) < 4.78 is 0. The van der Waals surface area contributed by atoms with Gasteiger partial charge in [-0.2, -0.15) is 0 Å². The monoisotopic (exact) mass is 179 g/mol. The SMILES string of the molecule is OBO.c1ccc2c(c1)CCNC2. The van der Waals surface area contributed by atoms with Gasteiger partial charge in [0.1, 0.15) is 0 Å². The second-order valence-corrected chi connectivity index (χ2v) is 2.84. The molecule has 0 spiro atoms. The van der Waals surface area contributed by atoms with Crippen LogP contribution in [0.3, 0.4) is 0 Å². The molecule has 0 bridgehead atoms. The van der Waals surface area contributed by atoms with Crippen LogP contribution in [0.1, 0.15) is 11.1 Å². The van der Waals surface area contributed by atoms with Crippen LogP contribution < -0.4 is 5.32 Å². The van der Waals surface area contributed by atoms with Crippen molar-refractivity contribution in [2.45, 2.75) is 13.0 Å². The van der Waals surface area contributed by atoms with Crippen LogP contribution in [-0.4, -0.2) is 24.3 Å². The lowest BCUT2D eigenvalue weighted by molar-refractivity contribution is 0.448. The van der Waals surface area contributed by atoms with Gasteiger partial charge in [-0.3, -0.25) is 0 Å². The van der Waals surface area contributed by atoms with Crippen LogP contribution in [0.15, 0.2) is 24.3 Å². The van der Waals surface area contributed by atoms with E-state index in [1.54, 1.807) is 0 Å². The van der Waals surface area contributed by atoms with E-state index in [9.17, 15) is 0 Å². The molecule has 0 saturated carbocycles. The molecule has 0 saturated heterocycles. The Balaban J connectivity index is 0.000000251. The molecule has 3 nitrogen and oxygen atoms in total. The van der Waals surface area contributed by atoms with Gasteiger partial charge < -0.3 is 15.4 Å². The van der Waals surface area contributed by atoms with Crippen LogP contribution in [0, 0.1) is 0 Å². The molecule has 0 aromatic heterocycles. The molecule has 1 aliphatic rings. The van der Waals surface area contributed by atoms with Crippen LogP contribution in [0.2, 0.25) is 0 Å². The summed E-state index contributed by atoms with van der Waals surface area (Å²) in [6.45, 7) is 2.19. The number of fused-ring (bicyclic) bond motifs is 1. The second-order valence-electron chi connectivity index (χ2n) is 2.84. The molecule has 0 unspecified atom stereocenters. The van der Waals surface area contributed by atoms with Crippen LogP contribution in [-0.2, 0) is 13.0 Å². The maximum Gasteiger partial charge on any atom is 0.432 e. The fourth-order valence-corrected chi connectivity index (χ4v) is 1.42. The second kappa shape index (κ2) is 5.75. The first-order valence-corrected chi connectivity index (χ1v) is 4.37. The Labute approximate surface area is 78.7 Å². The topological polar surface area (TPSA) is 52.5 Å². The van der Waals surface area contributed by atoms with Crippen LogP contribution >= 0.6 is 0 Å². The van der Waals surface area contributed by atoms with Crippen molar-refractivity contribution in [3.05, 3.63) is 35.4 Å². The van der Waals surface area contributed by atoms with Crippen molar-refractivity contribution in [2.75, 3.05) is 6.54 Å². The summed E-state index contributed by atoms with van der Waals surface area (Å²) in [5.74, 6) is 0. The van der Waals surface area contributed by atoms with Crippen molar-refractivity contribution >= 4 is 7.69 Å². The van der Waals surface area contributed by atoms with Crippen molar-refractivity contribution in [1.29, 1.82) is 0 Å². The molecule has 0 amide bonds. The highest BCUT2D eigenvalue weighted by molar-refractivity contribution is 6.13. The lowest BCUT2D eigenvalue weighted by Crippen LogP contribution is -2.23. The molecule has 2 rings (SSSR count). The summed E-state index contributed by atoms with van der Waals surface area (Å²) in [4.78, 5) is 0. The lowest BCUT2D eigenvalue weighted by atomic mass is 10.0. The molecule has 0 atom stereocenters. The molecule has 70 valence electrons. The van der Waals surface area contributed by atoms with Gasteiger partial charge in [-0.05, 0) is 24.1 Å². The van der Waals surface area contributed by atoms with Crippen molar-refractivity contribution in [2.24, 2.45) is 0 Å². The maximum atomic E-state index is 7.12. The van der Waals surface area contributed by atoms with Crippen molar-refractivity contribution in [3.8, 4) is 0 Å². The van der Waals surface area contributed by atoms with E-state index in [4.69, 9.17) is 10.0 Å². The van der Waals surface area contributed by atoms with Crippen molar-refractivity contribution in [1.82, 2.24) is 5.32 Å². The molecule has 0 fully saturated rings. The molecule has 0 aliphatic carbocycles. The Bertz CT molecular complexity index is 230. The predicted octanol–water partition coefficient (Wildman–Crippen LogP) is -0.430. The molecular formula is C9H14BNO2. The average Bonchev–Trinajstić information content (AvgIpc) is 2.19. The number of hydrogen-bond donors (Lipinski definition) is 3. The smallest absolute Gasteiger partial charge is 0.430 e. The van der Waals surface area contributed by atoms with Gasteiger partial charge in [-0.25, -0.2) is 0 Å². The molecule has 3 N–H and O–H groups in total. The Hall–Kier alpha value is -0.835. The summed E-state index contributed by atoms with van der Waals surface area (Å²) in [7, 11) is -0.750. The minimum atomic E-state index is -0.750. The molecule has 13 heavy (non-hydrogen) atoms. The van der Waals surface area contributed by atoms with Crippen molar-refractivity contribution in [3.63, 3.8) is 0 Å². The third-order valence-electron chi connectivity index (χ3n) is 2.00. The molecular weight excluding hydrogens is 165 g/mol. The minimum Gasteiger partial charge on any atom is -0.430 e. The highest BCUT2D eigenvalue weighted by Gasteiger charge is 2.05. The summed E-state index contributed by atoms with van der Waals surface area (Å²) in [6.07, 6.45) is 1.19. The number of benzene rings is 1. The Morgan fingerprint density at radius 3 is 2.38 bits per heavy atom. The third kappa shape index (κ3) is 3.18. The highest BCUT2D eigenvalue weighted by atomic mass is 16.4. The molecule has 4 heteroatoms. The Morgan fingerprint density at radius 2 is 1.77 bits per heavy atom. The fourth-order valence-electron chi connectivity index (χ4n) is 1.42. The van der Waals surface area contributed by atoms with Gasteiger partial charge in [0.25, 0.3) is 0 Å². The van der Waals surface area contributed by atoms with Gasteiger partial charge in [0.05, 0.1) is 0 Å². The third-order valence-corrected chi connectivity index (χ3v) is 2.00. The van der Waals surface area contributed by atoms with Gasteiger partial charge in [-0.15, -0.1) is 0 Å². The van der Waals surface area contributed by atoms with E-state index in [1.165, 1.54) is 17.5 Å². The largest absolute Gasteiger partial charge is 0.432 e. The summed E-state index contributed by atoms with van der Waals surface area (Å²) in [6, 6.07) is 8.63. The Kier molecular flexibility index (Phi) is 4.53. The normalized spacial score (nSPS) is 13.7. The first-order valence-electron chi connectivity index (χ1n) is 4.37. The molecule has 1 aromatic carbocycles. The van der Waals surface area contributed by atoms with E-state index in [0.717, 1.165) is 13.1 Å². The van der Waals surface area contributed by atoms with Gasteiger partial charge in [0, 0.05) is 6.54 Å². The zero-order chi connectivity index (χ0) is 9.52. The first kappa shape index (κ1) is 10.2. The van der Waals surface area contributed by atoms with Crippen LogP contribution in [0.25, 0.3) is 0 Å². The van der Waals surface area contributed by atoms with Crippen molar-refractivity contribution < 1.29 is 10.0 Å². The highest BCUT2D eigenvalue weighted by Crippen LogP contribution is 2.11. The molecule has 1 aliphatic heterocycles. The molecule has 1 heterocycles. The summed E-state index contributed by atoms with van der Waals surface area (Å²) in [5.41, 5.74) is 2.98. The zero-order valence-electron chi connectivity index (χ0n) is 7.53. The van der Waals surface area contributed by atoms with E-state index in [0.29, 0.717) is 0 Å². The number of nitrogens with one attached hydrogen (secondary N) is 1. The van der Waals surface area contributed by atoms with Gasteiger partial charge in [0.2, 0.25) is 0 Å². The van der Waals surface area contributed by atoms with Gasteiger partial charge in [-0.1, -0.05) is 24.3 Å². The van der Waals surface area contributed by atoms with E-state index >= 15 is 0 Å². The quantitative estimate of drug-likeness (QED) is 0.473. The summed E-state index contributed by atoms with van der Waals surface area (Å²) in [5, 5.41) is 17.6. The predicted molar refractivity (Wildman–Crippen MR) is 53.4 cm³/mol. The average molecular weight is 179 g/mol. The van der Waals surface area contributed by atoms with E-state index in [1.807, 2.05) is 0 Å². The zero-order valence-corrected chi connectivity index (χ0v) is 7.53. The summed E-state index contributed by atoms with van der Waals surface area (Å²) >= 11 is 0. The van der Waals surface area contributed by atoms with Crippen LogP contribution in [0.4, 0.5) is 0 Å². The van der Waals surface area contributed by atoms with Gasteiger partial charge >= 0.3 is 7.69 Å². The standard InChI is InChI=1S/C9H11N.BH3O2/c1-2-4-9-7-10-6-5-8(9)3-1;2-1-3/h1-4,10H,5-7H2;1-3H. The Morgan fingerprint density at radius 1 is 1.15 bits per heavy atom. The van der Waals surface area contributed by atoms with E-state index < -0.39 is 7.69 Å². The van der Waals surface area contributed by atoms with Crippen LogP contribution in [0.5, 0.6) is 0 Å². The lowest BCUT2D eigenvalue weighted by Gasteiger charge is -2.15. The van der Waals surface area contributed by atoms with Gasteiger partial charge in [0.15, 0.2) is 0 Å². The fraction of sp³-hybridized carbons (Fsp3) is 0.333. The van der Waals surface area contributed by atoms with E-state index in [-0.39, 0.29) is 0 Å². The molecule has 0 radical (unpaired) electrons. The number of hydrogen-bond acceptors (Lipinski definition) is 3. The first-order chi connectivity index (χ1) is 6.38. The van der Waals surface area contributed by atoms with E-state index in [2.05, 4.69) is 29.6 Å². The molecule has 1 aromatic rings. The number of rotatable bonds is 0. The maximum absolute atomic E-state index is 7.12. The minimum absolute atomic E-state index is 0.750.